The monoisotopic (exact) mass is 203 g/mol. The molecule has 0 radical (unpaired) electrons. The molecule has 0 saturated carbocycles. The van der Waals surface area contributed by atoms with Crippen molar-refractivity contribution < 1.29 is 0 Å². The van der Waals surface area contributed by atoms with Crippen LogP contribution in [0.15, 0.2) is 12.4 Å². The molecule has 3 nitrogen and oxygen atoms in total. The van der Waals surface area contributed by atoms with E-state index in [1.807, 2.05) is 6.92 Å². The maximum Gasteiger partial charge on any atom is 0.0785 e. The molecular weight excluding hydrogens is 194 g/mol. The van der Waals surface area contributed by atoms with Crippen LogP contribution in [0.2, 0.25) is 5.02 Å². The van der Waals surface area contributed by atoms with Gasteiger partial charge in [0.15, 0.2) is 0 Å². The Balaban J connectivity index is 2.64. The van der Waals surface area contributed by atoms with Crippen LogP contribution in [0.4, 0.5) is 0 Å². The summed E-state index contributed by atoms with van der Waals surface area (Å²) in [5, 5.41) is 4.67. The lowest BCUT2D eigenvalue weighted by molar-refractivity contribution is 0.507. The van der Waals surface area contributed by atoms with Crippen LogP contribution >= 0.6 is 23.8 Å². The Morgan fingerprint density at radius 3 is 3.00 bits per heavy atom. The highest BCUT2D eigenvalue weighted by atomic mass is 35.5. The molecule has 0 spiro atoms. The van der Waals surface area contributed by atoms with Crippen LogP contribution in [0.5, 0.6) is 0 Å². The Morgan fingerprint density at radius 2 is 2.58 bits per heavy atom. The fraction of sp³-hybridized carbons (Fsp3) is 0.429. The van der Waals surface area contributed by atoms with Gasteiger partial charge in [-0.25, -0.2) is 0 Å². The molecular formula is C7H10ClN3S. The quantitative estimate of drug-likeness (QED) is 0.762. The van der Waals surface area contributed by atoms with Crippen LogP contribution in [0.3, 0.4) is 0 Å². The van der Waals surface area contributed by atoms with E-state index in [1.54, 1.807) is 17.1 Å². The van der Waals surface area contributed by atoms with Gasteiger partial charge in [0.1, 0.15) is 0 Å². The lowest BCUT2D eigenvalue weighted by Gasteiger charge is -2.09. The predicted molar refractivity (Wildman–Crippen MR) is 53.4 cm³/mol. The zero-order valence-corrected chi connectivity index (χ0v) is 8.27. The van der Waals surface area contributed by atoms with Crippen molar-refractivity contribution in [2.24, 2.45) is 5.73 Å². The minimum Gasteiger partial charge on any atom is -0.393 e. The number of rotatable bonds is 3. The average molecular weight is 204 g/mol. The highest BCUT2D eigenvalue weighted by molar-refractivity contribution is 7.80. The third-order valence-corrected chi connectivity index (χ3v) is 1.88. The lowest BCUT2D eigenvalue weighted by atomic mass is 10.2. The average Bonchev–Trinajstić information content (AvgIpc) is 2.34. The Bertz CT molecular complexity index is 284. The third-order valence-electron chi connectivity index (χ3n) is 1.52. The van der Waals surface area contributed by atoms with Gasteiger partial charge in [-0.2, -0.15) is 5.10 Å². The number of aromatic nitrogens is 2. The van der Waals surface area contributed by atoms with Crippen LogP contribution in [0.25, 0.3) is 0 Å². The second kappa shape index (κ2) is 3.87. The van der Waals surface area contributed by atoms with E-state index < -0.39 is 0 Å². The number of thiocarbonyl (C=S) groups is 1. The van der Waals surface area contributed by atoms with Crippen LogP contribution in [-0.2, 0) is 0 Å². The molecule has 66 valence electrons. The van der Waals surface area contributed by atoms with Gasteiger partial charge >= 0.3 is 0 Å². The normalized spacial score (nSPS) is 12.8. The maximum atomic E-state index is 5.69. The molecule has 1 atom stereocenters. The zero-order valence-electron chi connectivity index (χ0n) is 6.70. The van der Waals surface area contributed by atoms with Gasteiger partial charge in [0, 0.05) is 12.6 Å². The van der Waals surface area contributed by atoms with Crippen molar-refractivity contribution in [2.45, 2.75) is 19.4 Å². The highest BCUT2D eigenvalue weighted by Gasteiger charge is 2.06. The summed E-state index contributed by atoms with van der Waals surface area (Å²) in [5.41, 5.74) is 5.39. The van der Waals surface area contributed by atoms with Crippen molar-refractivity contribution in [1.82, 2.24) is 9.78 Å². The fourth-order valence-electron chi connectivity index (χ4n) is 0.941. The zero-order chi connectivity index (χ0) is 9.14. The minimum absolute atomic E-state index is 0.176. The molecule has 2 N–H and O–H groups in total. The molecule has 0 amide bonds. The number of hydrogen-bond donors (Lipinski definition) is 1. The summed E-state index contributed by atoms with van der Waals surface area (Å²) in [6, 6.07) is 0.176. The van der Waals surface area contributed by atoms with E-state index in [9.17, 15) is 0 Å². The summed E-state index contributed by atoms with van der Waals surface area (Å²) in [7, 11) is 0. The fourth-order valence-corrected chi connectivity index (χ4v) is 1.33. The van der Waals surface area contributed by atoms with Crippen molar-refractivity contribution in [2.75, 3.05) is 0 Å². The summed E-state index contributed by atoms with van der Waals surface area (Å²) < 4.78 is 1.75. The molecule has 0 bridgehead atoms. The van der Waals surface area contributed by atoms with Gasteiger partial charge in [-0.15, -0.1) is 0 Å². The summed E-state index contributed by atoms with van der Waals surface area (Å²) in [6.45, 7) is 1.99. The molecule has 1 aromatic heterocycles. The van der Waals surface area contributed by atoms with E-state index >= 15 is 0 Å². The first kappa shape index (κ1) is 9.48. The minimum atomic E-state index is 0.176. The largest absolute Gasteiger partial charge is 0.393 e. The van der Waals surface area contributed by atoms with Gasteiger partial charge in [-0.1, -0.05) is 23.8 Å². The van der Waals surface area contributed by atoms with E-state index in [0.717, 1.165) is 0 Å². The van der Waals surface area contributed by atoms with E-state index in [1.165, 1.54) is 0 Å². The molecule has 5 heteroatoms. The van der Waals surface area contributed by atoms with Gasteiger partial charge < -0.3 is 5.73 Å². The Labute approximate surface area is 81.5 Å². The number of hydrogen-bond acceptors (Lipinski definition) is 2. The summed E-state index contributed by atoms with van der Waals surface area (Å²) >= 11 is 10.5. The Hall–Kier alpha value is -0.610. The van der Waals surface area contributed by atoms with Crippen LogP contribution in [-0.4, -0.2) is 14.8 Å². The van der Waals surface area contributed by atoms with E-state index in [2.05, 4.69) is 5.10 Å². The van der Waals surface area contributed by atoms with E-state index in [-0.39, 0.29) is 6.04 Å². The molecule has 0 aliphatic rings. The van der Waals surface area contributed by atoms with Crippen molar-refractivity contribution >= 4 is 28.8 Å². The molecule has 0 aliphatic carbocycles. The molecule has 1 heterocycles. The Kier molecular flexibility index (Phi) is 3.05. The van der Waals surface area contributed by atoms with Crippen molar-refractivity contribution in [3.63, 3.8) is 0 Å². The molecule has 0 aromatic carbocycles. The molecule has 12 heavy (non-hydrogen) atoms. The van der Waals surface area contributed by atoms with E-state index in [0.29, 0.717) is 16.4 Å². The van der Waals surface area contributed by atoms with Crippen LogP contribution in [0, 0.1) is 0 Å². The van der Waals surface area contributed by atoms with Gasteiger partial charge in [-0.3, -0.25) is 4.68 Å². The van der Waals surface area contributed by atoms with Crippen LogP contribution < -0.4 is 5.73 Å². The first-order chi connectivity index (χ1) is 5.59. The van der Waals surface area contributed by atoms with Crippen molar-refractivity contribution in [3.8, 4) is 0 Å². The standard InChI is InChI=1S/C7H10ClN3S/c1-5(2-7(9)12)11-4-6(8)3-10-11/h3-5H,2H2,1H3,(H2,9,12)/t5-/m1/s1. The number of nitrogens with zero attached hydrogens (tertiary/aromatic N) is 2. The SMILES string of the molecule is C[C@H](CC(N)=S)n1cc(Cl)cn1. The summed E-state index contributed by atoms with van der Waals surface area (Å²) in [4.78, 5) is 0.495. The second-order valence-corrected chi connectivity index (χ2v) is 3.62. The van der Waals surface area contributed by atoms with Crippen molar-refractivity contribution in [3.05, 3.63) is 17.4 Å². The smallest absolute Gasteiger partial charge is 0.0785 e. The maximum absolute atomic E-state index is 5.69. The van der Waals surface area contributed by atoms with Gasteiger partial charge in [0.25, 0.3) is 0 Å². The molecule has 0 fully saturated rings. The molecule has 0 aliphatic heterocycles. The predicted octanol–water partition coefficient (Wildman–Crippen LogP) is 1.77. The summed E-state index contributed by atoms with van der Waals surface area (Å²) in [6.07, 6.45) is 4.00. The van der Waals surface area contributed by atoms with Crippen LogP contribution in [0.1, 0.15) is 19.4 Å². The van der Waals surface area contributed by atoms with Gasteiger partial charge in [0.2, 0.25) is 0 Å². The lowest BCUT2D eigenvalue weighted by Crippen LogP contribution is -2.15. The third kappa shape index (κ3) is 2.46. The molecule has 1 aromatic rings. The Morgan fingerprint density at radius 1 is 1.92 bits per heavy atom. The number of nitrogens with two attached hydrogens (primary N) is 1. The highest BCUT2D eigenvalue weighted by Crippen LogP contribution is 2.13. The van der Waals surface area contributed by atoms with E-state index in [4.69, 9.17) is 29.6 Å². The molecule has 0 saturated heterocycles. The first-order valence-corrected chi connectivity index (χ1v) is 4.36. The van der Waals surface area contributed by atoms with Gasteiger partial charge in [-0.05, 0) is 6.92 Å². The topological polar surface area (TPSA) is 43.8 Å². The van der Waals surface area contributed by atoms with Gasteiger partial charge in [0.05, 0.1) is 22.2 Å². The molecule has 0 unspecified atom stereocenters. The molecule has 1 rings (SSSR count). The first-order valence-electron chi connectivity index (χ1n) is 3.57. The number of halogens is 1. The second-order valence-electron chi connectivity index (χ2n) is 2.66. The van der Waals surface area contributed by atoms with Crippen molar-refractivity contribution in [1.29, 1.82) is 0 Å². The summed E-state index contributed by atoms with van der Waals surface area (Å²) in [5.74, 6) is 0.